The number of aryl methyl sites for hydroxylation is 1. The zero-order valence-corrected chi connectivity index (χ0v) is 10.5. The van der Waals surface area contributed by atoms with Crippen LogP contribution in [0.5, 0.6) is 5.75 Å². The zero-order valence-electron chi connectivity index (χ0n) is 10.5. The minimum Gasteiger partial charge on any atom is -0.482 e. The quantitative estimate of drug-likeness (QED) is 0.785. The van der Waals surface area contributed by atoms with E-state index >= 15 is 0 Å². The van der Waals surface area contributed by atoms with Crippen LogP contribution in [0.15, 0.2) is 40.1 Å². The number of fused-ring (bicyclic) bond motifs is 1. The van der Waals surface area contributed by atoms with Crippen LogP contribution in [-0.4, -0.2) is 21.9 Å². The van der Waals surface area contributed by atoms with E-state index in [-0.39, 0.29) is 5.56 Å². The lowest BCUT2D eigenvalue weighted by molar-refractivity contribution is 0.0754. The number of H-pyrrole nitrogens is 2. The van der Waals surface area contributed by atoms with E-state index in [4.69, 9.17) is 4.74 Å². The van der Waals surface area contributed by atoms with Crippen molar-refractivity contribution in [2.45, 2.75) is 18.9 Å². The number of ketones is 1. The molecule has 1 aliphatic rings. The highest BCUT2D eigenvalue weighted by atomic mass is 16.5. The second-order valence-corrected chi connectivity index (χ2v) is 4.60. The number of aromatic nitrogens is 2. The molecule has 0 amide bonds. The number of benzene rings is 1. The summed E-state index contributed by atoms with van der Waals surface area (Å²) in [7, 11) is 0. The summed E-state index contributed by atoms with van der Waals surface area (Å²) < 4.78 is 5.64. The molecule has 0 aliphatic carbocycles. The first-order valence-corrected chi connectivity index (χ1v) is 6.26. The van der Waals surface area contributed by atoms with Crippen LogP contribution in [0.25, 0.3) is 0 Å². The van der Waals surface area contributed by atoms with E-state index in [0.29, 0.717) is 18.6 Å². The third kappa shape index (κ3) is 2.16. The van der Waals surface area contributed by atoms with Gasteiger partial charge in [-0.1, -0.05) is 18.2 Å². The Hall–Kier alpha value is -2.63. The smallest absolute Gasteiger partial charge is 0.325 e. The highest BCUT2D eigenvalue weighted by molar-refractivity contribution is 5.99. The summed E-state index contributed by atoms with van der Waals surface area (Å²) in [5.74, 6) is 0.245. The number of rotatable bonds is 2. The van der Waals surface area contributed by atoms with Gasteiger partial charge in [-0.25, -0.2) is 4.79 Å². The monoisotopic (exact) mass is 272 g/mol. The molecule has 1 aromatic heterocycles. The van der Waals surface area contributed by atoms with Crippen LogP contribution in [0.1, 0.15) is 22.3 Å². The molecule has 0 fully saturated rings. The Kier molecular flexibility index (Phi) is 2.98. The summed E-state index contributed by atoms with van der Waals surface area (Å²) in [5.41, 5.74) is -0.372. The number of hydrogen-bond donors (Lipinski definition) is 2. The fourth-order valence-electron chi connectivity index (χ4n) is 2.27. The first-order valence-electron chi connectivity index (χ1n) is 6.26. The predicted molar refractivity (Wildman–Crippen MR) is 71.2 cm³/mol. The number of aromatic amines is 2. The van der Waals surface area contributed by atoms with Crippen LogP contribution in [0, 0.1) is 0 Å². The average molecular weight is 272 g/mol. The maximum atomic E-state index is 12.3. The van der Waals surface area contributed by atoms with E-state index in [0.717, 1.165) is 11.8 Å². The fraction of sp³-hybridized carbons (Fsp3) is 0.214. The van der Waals surface area contributed by atoms with Crippen molar-refractivity contribution in [1.82, 2.24) is 9.97 Å². The molecule has 20 heavy (non-hydrogen) atoms. The average Bonchev–Trinajstić information content (AvgIpc) is 2.46. The Morgan fingerprint density at radius 1 is 1.25 bits per heavy atom. The van der Waals surface area contributed by atoms with Crippen molar-refractivity contribution in [1.29, 1.82) is 0 Å². The minimum atomic E-state index is -0.697. The van der Waals surface area contributed by atoms with E-state index in [1.54, 1.807) is 6.07 Å². The molecule has 0 saturated carbocycles. The number of carbonyl (C=O) groups is 1. The first kappa shape index (κ1) is 12.4. The minimum absolute atomic E-state index is 0.0889. The molecule has 6 heteroatoms. The van der Waals surface area contributed by atoms with Gasteiger partial charge >= 0.3 is 5.69 Å². The van der Waals surface area contributed by atoms with Gasteiger partial charge in [-0.15, -0.1) is 0 Å². The van der Waals surface area contributed by atoms with Crippen LogP contribution in [0.4, 0.5) is 0 Å². The number of nitrogens with one attached hydrogen (secondary N) is 2. The molecule has 1 unspecified atom stereocenters. The number of hydrogen-bond acceptors (Lipinski definition) is 4. The van der Waals surface area contributed by atoms with Gasteiger partial charge in [0.15, 0.2) is 6.10 Å². The predicted octanol–water partition coefficient (Wildman–Crippen LogP) is 0.640. The van der Waals surface area contributed by atoms with Crippen molar-refractivity contribution < 1.29 is 9.53 Å². The van der Waals surface area contributed by atoms with Crippen LogP contribution in [-0.2, 0) is 6.42 Å². The van der Waals surface area contributed by atoms with Crippen molar-refractivity contribution in [2.75, 3.05) is 0 Å². The largest absolute Gasteiger partial charge is 0.482 e. The van der Waals surface area contributed by atoms with Gasteiger partial charge in [-0.3, -0.25) is 14.6 Å². The third-order valence-corrected chi connectivity index (χ3v) is 3.29. The molecular formula is C14H12N2O4. The van der Waals surface area contributed by atoms with E-state index in [9.17, 15) is 14.4 Å². The van der Waals surface area contributed by atoms with Gasteiger partial charge in [0.25, 0.3) is 5.56 Å². The van der Waals surface area contributed by atoms with Crippen molar-refractivity contribution >= 4 is 5.78 Å². The molecule has 0 bridgehead atoms. The number of para-hydroxylation sites is 1. The topological polar surface area (TPSA) is 92.0 Å². The third-order valence-electron chi connectivity index (χ3n) is 3.29. The van der Waals surface area contributed by atoms with Gasteiger partial charge in [0.1, 0.15) is 11.3 Å². The summed E-state index contributed by atoms with van der Waals surface area (Å²) in [6, 6.07) is 7.49. The zero-order chi connectivity index (χ0) is 14.1. The van der Waals surface area contributed by atoms with Crippen molar-refractivity contribution in [3.63, 3.8) is 0 Å². The van der Waals surface area contributed by atoms with Gasteiger partial charge in [-0.2, -0.15) is 0 Å². The molecule has 102 valence electrons. The van der Waals surface area contributed by atoms with E-state index in [2.05, 4.69) is 4.98 Å². The van der Waals surface area contributed by atoms with Gasteiger partial charge < -0.3 is 9.72 Å². The van der Waals surface area contributed by atoms with Gasteiger partial charge in [-0.05, 0) is 24.5 Å². The molecule has 6 nitrogen and oxygen atoms in total. The lowest BCUT2D eigenvalue weighted by Gasteiger charge is -2.24. The molecule has 1 aromatic carbocycles. The fourth-order valence-corrected chi connectivity index (χ4v) is 2.27. The highest BCUT2D eigenvalue weighted by Crippen LogP contribution is 2.27. The Morgan fingerprint density at radius 2 is 2.05 bits per heavy atom. The Labute approximate surface area is 113 Å². The van der Waals surface area contributed by atoms with Crippen molar-refractivity contribution in [3.05, 3.63) is 62.4 Å². The molecule has 2 N–H and O–H groups in total. The van der Waals surface area contributed by atoms with Gasteiger partial charge in [0.2, 0.25) is 5.78 Å². The molecule has 3 rings (SSSR count). The molecule has 2 heterocycles. The van der Waals surface area contributed by atoms with E-state index in [1.807, 2.05) is 23.2 Å². The molecule has 0 spiro atoms. The van der Waals surface area contributed by atoms with Crippen molar-refractivity contribution in [2.24, 2.45) is 0 Å². The maximum absolute atomic E-state index is 12.3. The molecule has 1 aliphatic heterocycles. The summed E-state index contributed by atoms with van der Waals surface area (Å²) in [4.78, 5) is 39.2. The van der Waals surface area contributed by atoms with E-state index in [1.165, 1.54) is 0 Å². The molecule has 1 atom stereocenters. The van der Waals surface area contributed by atoms with Crippen LogP contribution < -0.4 is 16.0 Å². The van der Waals surface area contributed by atoms with Gasteiger partial charge in [0.05, 0.1) is 0 Å². The summed E-state index contributed by atoms with van der Waals surface area (Å²) >= 11 is 0. The molecule has 2 aromatic rings. The SMILES string of the molecule is O=C(c1c[nH]c(=O)[nH]c1=O)C1CCc2ccccc2O1. The first-order chi connectivity index (χ1) is 9.65. The molecule has 0 saturated heterocycles. The lowest BCUT2D eigenvalue weighted by atomic mass is 9.98. The molecular weight excluding hydrogens is 260 g/mol. The number of carbonyl (C=O) groups excluding carboxylic acids is 1. The van der Waals surface area contributed by atoms with Crippen LogP contribution in [0.3, 0.4) is 0 Å². The van der Waals surface area contributed by atoms with Crippen LogP contribution in [0.2, 0.25) is 0 Å². The maximum Gasteiger partial charge on any atom is 0.325 e. The number of ether oxygens (including phenoxy) is 1. The normalized spacial score (nSPS) is 17.1. The lowest BCUT2D eigenvalue weighted by Crippen LogP contribution is -2.36. The second-order valence-electron chi connectivity index (χ2n) is 4.60. The Morgan fingerprint density at radius 3 is 2.85 bits per heavy atom. The van der Waals surface area contributed by atoms with Crippen molar-refractivity contribution in [3.8, 4) is 5.75 Å². The standard InChI is InChI=1S/C14H12N2O4/c17-12(9-7-15-14(19)16-13(9)18)11-6-5-8-3-1-2-4-10(8)20-11/h1-4,7,11H,5-6H2,(H2,15,16,18,19). The second kappa shape index (κ2) is 4.80. The highest BCUT2D eigenvalue weighted by Gasteiger charge is 2.28. The Balaban J connectivity index is 1.89. The van der Waals surface area contributed by atoms with E-state index < -0.39 is 23.1 Å². The van der Waals surface area contributed by atoms with Crippen LogP contribution >= 0.6 is 0 Å². The summed E-state index contributed by atoms with van der Waals surface area (Å²) in [5, 5.41) is 0. The summed E-state index contributed by atoms with van der Waals surface area (Å²) in [6.45, 7) is 0. The Bertz CT molecular complexity index is 775. The van der Waals surface area contributed by atoms with Gasteiger partial charge in [0, 0.05) is 6.20 Å². The summed E-state index contributed by atoms with van der Waals surface area (Å²) in [6.07, 6.45) is 1.66. The molecule has 0 radical (unpaired) electrons. The number of Topliss-reactive ketones (excluding diaryl/α,β-unsaturated/α-hetero) is 1.